The highest BCUT2D eigenvalue weighted by atomic mass is 32.2. The van der Waals surface area contributed by atoms with Gasteiger partial charge in [0, 0.05) is 6.54 Å². The molecule has 134 valence electrons. The Labute approximate surface area is 143 Å². The maximum atomic E-state index is 11.9. The van der Waals surface area contributed by atoms with E-state index in [-0.39, 0.29) is 12.3 Å². The molecule has 1 amide bonds. The lowest BCUT2D eigenvalue weighted by Crippen LogP contribution is -2.45. The van der Waals surface area contributed by atoms with Crippen molar-refractivity contribution < 1.29 is 23.1 Å². The van der Waals surface area contributed by atoms with Gasteiger partial charge in [0.05, 0.1) is 5.75 Å². The van der Waals surface area contributed by atoms with Crippen LogP contribution in [0.15, 0.2) is 30.3 Å². The van der Waals surface area contributed by atoms with Crippen LogP contribution in [0, 0.1) is 0 Å². The predicted octanol–water partition coefficient (Wildman–Crippen LogP) is 1.75. The molecule has 0 radical (unpaired) electrons. The van der Waals surface area contributed by atoms with E-state index in [2.05, 4.69) is 5.32 Å². The summed E-state index contributed by atoms with van der Waals surface area (Å²) in [7, 11) is -3.47. The highest BCUT2D eigenvalue weighted by molar-refractivity contribution is 7.92. The Bertz CT molecular complexity index is 657. The molecule has 0 fully saturated rings. The van der Waals surface area contributed by atoms with Crippen LogP contribution in [0.3, 0.4) is 0 Å². The molecular formula is C17H25NO5S. The van der Waals surface area contributed by atoms with Crippen molar-refractivity contribution in [3.8, 4) is 0 Å². The predicted molar refractivity (Wildman–Crippen MR) is 92.6 cm³/mol. The maximum Gasteiger partial charge on any atom is 0.315 e. The second kappa shape index (κ2) is 8.82. The maximum absolute atomic E-state index is 11.9. The van der Waals surface area contributed by atoms with Crippen molar-refractivity contribution in [3.63, 3.8) is 0 Å². The first-order valence-electron chi connectivity index (χ1n) is 7.97. The third-order valence-corrected chi connectivity index (χ3v) is 5.54. The van der Waals surface area contributed by atoms with Gasteiger partial charge in [-0.1, -0.05) is 50.1 Å². The fraction of sp³-hybridized carbons (Fsp3) is 0.529. The largest absolute Gasteiger partial charge is 0.481 e. The Kier molecular flexibility index (Phi) is 7.41. The fourth-order valence-corrected chi connectivity index (χ4v) is 3.57. The Morgan fingerprint density at radius 2 is 1.79 bits per heavy atom. The Hall–Kier alpha value is -1.89. The van der Waals surface area contributed by atoms with Crippen LogP contribution in [-0.4, -0.2) is 43.5 Å². The van der Waals surface area contributed by atoms with E-state index in [1.165, 1.54) is 6.92 Å². The van der Waals surface area contributed by atoms with Crippen LogP contribution < -0.4 is 5.32 Å². The first-order chi connectivity index (χ1) is 11.2. The third kappa shape index (κ3) is 5.96. The monoisotopic (exact) mass is 355 g/mol. The lowest BCUT2D eigenvalue weighted by Gasteiger charge is -2.25. The molecule has 0 bridgehead atoms. The molecule has 0 aliphatic rings. The van der Waals surface area contributed by atoms with Gasteiger partial charge < -0.3 is 10.4 Å². The highest BCUT2D eigenvalue weighted by Crippen LogP contribution is 2.23. The number of aliphatic carboxylic acids is 1. The molecule has 0 heterocycles. The normalized spacial score (nSPS) is 13.9. The first kappa shape index (κ1) is 20.2. The van der Waals surface area contributed by atoms with E-state index >= 15 is 0 Å². The van der Waals surface area contributed by atoms with E-state index in [9.17, 15) is 23.1 Å². The molecule has 1 atom stereocenters. The van der Waals surface area contributed by atoms with Crippen molar-refractivity contribution in [2.75, 3.05) is 18.1 Å². The van der Waals surface area contributed by atoms with Crippen molar-refractivity contribution in [2.24, 2.45) is 0 Å². The summed E-state index contributed by atoms with van der Waals surface area (Å²) in [6.45, 7) is 3.30. The number of carbonyl (C=O) groups excluding carboxylic acids is 1. The Morgan fingerprint density at radius 1 is 1.17 bits per heavy atom. The molecular weight excluding hydrogens is 330 g/mol. The number of amides is 1. The average Bonchev–Trinajstić information content (AvgIpc) is 2.53. The minimum absolute atomic E-state index is 0.0247. The summed E-state index contributed by atoms with van der Waals surface area (Å²) in [6, 6.07) is 8.55. The van der Waals surface area contributed by atoms with Crippen LogP contribution in [0.4, 0.5) is 0 Å². The molecule has 0 aliphatic heterocycles. The highest BCUT2D eigenvalue weighted by Gasteiger charge is 2.35. The van der Waals surface area contributed by atoms with Crippen molar-refractivity contribution in [2.45, 2.75) is 38.5 Å². The van der Waals surface area contributed by atoms with Crippen molar-refractivity contribution in [1.29, 1.82) is 0 Å². The van der Waals surface area contributed by atoms with Gasteiger partial charge in [0.15, 0.2) is 9.84 Å². The molecule has 1 unspecified atom stereocenters. The quantitative estimate of drug-likeness (QED) is 0.623. The van der Waals surface area contributed by atoms with E-state index in [0.717, 1.165) is 12.8 Å². The van der Waals surface area contributed by atoms with Crippen LogP contribution in [0.25, 0.3) is 0 Å². The van der Waals surface area contributed by atoms with Crippen molar-refractivity contribution in [1.82, 2.24) is 5.32 Å². The number of unbranched alkanes of at least 4 members (excludes halogenated alkanes) is 2. The van der Waals surface area contributed by atoms with Crippen LogP contribution in [0.5, 0.6) is 0 Å². The van der Waals surface area contributed by atoms with Gasteiger partial charge in [-0.3, -0.25) is 9.59 Å². The fourth-order valence-electron chi connectivity index (χ4n) is 2.28. The molecule has 1 aromatic carbocycles. The molecule has 6 nitrogen and oxygen atoms in total. The summed E-state index contributed by atoms with van der Waals surface area (Å²) in [5.74, 6) is -2.39. The van der Waals surface area contributed by atoms with Crippen LogP contribution >= 0.6 is 0 Å². The Morgan fingerprint density at radius 3 is 2.33 bits per heavy atom. The molecule has 0 spiro atoms. The summed E-state index contributed by atoms with van der Waals surface area (Å²) in [5.41, 5.74) is -0.772. The topological polar surface area (TPSA) is 101 Å². The first-order valence-corrected chi connectivity index (χ1v) is 9.79. The molecule has 0 aromatic heterocycles. The Balaban J connectivity index is 2.68. The molecule has 0 saturated carbocycles. The van der Waals surface area contributed by atoms with E-state index in [4.69, 9.17) is 0 Å². The zero-order chi connectivity index (χ0) is 18.2. The van der Waals surface area contributed by atoms with Gasteiger partial charge in [-0.25, -0.2) is 8.42 Å². The number of hydrogen-bond donors (Lipinski definition) is 2. The lowest BCUT2D eigenvalue weighted by atomic mass is 9.82. The summed E-state index contributed by atoms with van der Waals surface area (Å²) in [6.07, 6.45) is 2.23. The van der Waals surface area contributed by atoms with Crippen LogP contribution in [0.2, 0.25) is 0 Å². The number of carboxylic acids is 1. The van der Waals surface area contributed by atoms with Gasteiger partial charge in [0.2, 0.25) is 5.91 Å². The van der Waals surface area contributed by atoms with Crippen LogP contribution in [0.1, 0.15) is 38.7 Å². The van der Waals surface area contributed by atoms with E-state index < -0.39 is 32.9 Å². The summed E-state index contributed by atoms with van der Waals surface area (Å²) < 4.78 is 23.7. The summed E-state index contributed by atoms with van der Waals surface area (Å²) in [5, 5.41) is 12.0. The minimum Gasteiger partial charge on any atom is -0.481 e. The summed E-state index contributed by atoms with van der Waals surface area (Å²) in [4.78, 5) is 23.5. The lowest BCUT2D eigenvalue weighted by molar-refractivity contribution is -0.143. The number of carbonyl (C=O) groups is 2. The van der Waals surface area contributed by atoms with Crippen molar-refractivity contribution >= 4 is 21.7 Å². The van der Waals surface area contributed by atoms with Crippen molar-refractivity contribution in [3.05, 3.63) is 35.9 Å². The second-order valence-corrected chi connectivity index (χ2v) is 8.26. The number of hydrogen-bond acceptors (Lipinski definition) is 4. The number of rotatable bonds is 10. The zero-order valence-electron chi connectivity index (χ0n) is 14.1. The number of carboxylic acid groups (broad SMARTS) is 1. The zero-order valence-corrected chi connectivity index (χ0v) is 14.9. The van der Waals surface area contributed by atoms with Crippen LogP contribution in [-0.2, 0) is 24.8 Å². The SMILES string of the molecule is CCCCCS(=O)(=O)CC(=O)NCC(C)(C(=O)O)c1ccccc1. The van der Waals surface area contributed by atoms with E-state index in [1.807, 2.05) is 6.92 Å². The minimum atomic E-state index is -3.47. The number of sulfone groups is 1. The van der Waals surface area contributed by atoms with Gasteiger partial charge in [0.1, 0.15) is 11.2 Å². The van der Waals surface area contributed by atoms with E-state index in [1.54, 1.807) is 30.3 Å². The van der Waals surface area contributed by atoms with Gasteiger partial charge >= 0.3 is 5.97 Å². The molecule has 1 rings (SSSR count). The standard InChI is InChI=1S/C17H25NO5S/c1-3-4-8-11-24(22,23)12-15(19)18-13-17(2,16(20)21)14-9-6-5-7-10-14/h5-7,9-10H,3-4,8,11-13H2,1-2H3,(H,18,19)(H,20,21). The molecule has 0 aliphatic carbocycles. The third-order valence-electron chi connectivity index (χ3n) is 3.93. The molecule has 2 N–H and O–H groups in total. The number of benzene rings is 1. The molecule has 24 heavy (non-hydrogen) atoms. The molecule has 0 saturated heterocycles. The van der Waals surface area contributed by atoms with Gasteiger partial charge in [-0.05, 0) is 18.9 Å². The molecule has 1 aromatic rings. The summed E-state index contributed by atoms with van der Waals surface area (Å²) >= 11 is 0. The van der Waals surface area contributed by atoms with Gasteiger partial charge in [-0.15, -0.1) is 0 Å². The van der Waals surface area contributed by atoms with E-state index in [0.29, 0.717) is 12.0 Å². The van der Waals surface area contributed by atoms with Gasteiger partial charge in [0.25, 0.3) is 0 Å². The smallest absolute Gasteiger partial charge is 0.315 e. The second-order valence-electron chi connectivity index (χ2n) is 6.08. The number of nitrogens with one attached hydrogen (secondary N) is 1. The average molecular weight is 355 g/mol. The van der Waals surface area contributed by atoms with Gasteiger partial charge in [-0.2, -0.15) is 0 Å². The molecule has 7 heteroatoms.